The Balaban J connectivity index is 1.84. The van der Waals surface area contributed by atoms with E-state index in [0.717, 1.165) is 28.6 Å². The van der Waals surface area contributed by atoms with Crippen LogP contribution in [0.1, 0.15) is 50.8 Å². The molecule has 1 aromatic carbocycles. The van der Waals surface area contributed by atoms with Gasteiger partial charge in [-0.3, -0.25) is 14.2 Å². The molecule has 8 heteroatoms. The lowest BCUT2D eigenvalue weighted by Crippen LogP contribution is -2.48. The zero-order valence-electron chi connectivity index (χ0n) is 19.1. The molecule has 1 aromatic heterocycles. The molecule has 4 rings (SSSR count). The van der Waals surface area contributed by atoms with Gasteiger partial charge < -0.3 is 24.3 Å². The minimum atomic E-state index is -1.31. The third kappa shape index (κ3) is 3.55. The maximum atomic E-state index is 13.0. The van der Waals surface area contributed by atoms with E-state index in [9.17, 15) is 19.8 Å². The van der Waals surface area contributed by atoms with Crippen LogP contribution in [0.2, 0.25) is 0 Å². The van der Waals surface area contributed by atoms with Crippen LogP contribution in [-0.2, 0) is 28.0 Å². The van der Waals surface area contributed by atoms with Crippen molar-refractivity contribution in [1.29, 1.82) is 0 Å². The van der Waals surface area contributed by atoms with Gasteiger partial charge in [-0.25, -0.2) is 0 Å². The van der Waals surface area contributed by atoms with E-state index in [2.05, 4.69) is 13.8 Å². The Kier molecular flexibility index (Phi) is 5.20. The number of aryl methyl sites for hydroxylation is 2. The highest BCUT2D eigenvalue weighted by Gasteiger charge is 2.40. The molecule has 1 fully saturated rings. The highest BCUT2D eigenvalue weighted by Crippen LogP contribution is 2.40. The van der Waals surface area contributed by atoms with Gasteiger partial charge >= 0.3 is 11.1 Å². The molecule has 31 heavy (non-hydrogen) atoms. The van der Waals surface area contributed by atoms with E-state index in [1.807, 2.05) is 19.9 Å². The number of aromatic nitrogens is 2. The zero-order chi connectivity index (χ0) is 22.9. The Morgan fingerprint density at radius 2 is 1.84 bits per heavy atom. The summed E-state index contributed by atoms with van der Waals surface area (Å²) in [7, 11) is 0. The lowest BCUT2D eigenvalue weighted by molar-refractivity contribution is -0.161. The molecule has 2 aliphatic rings. The van der Waals surface area contributed by atoms with Crippen LogP contribution < -0.4 is 11.1 Å². The number of rotatable bonds is 4. The Hall–Kier alpha value is -2.00. The molecule has 0 aliphatic carbocycles. The summed E-state index contributed by atoms with van der Waals surface area (Å²) in [5, 5.41) is 21.4. The van der Waals surface area contributed by atoms with Crippen LogP contribution in [0, 0.1) is 13.8 Å². The topological polar surface area (TPSA) is 103 Å². The molecule has 0 unspecified atom stereocenters. The van der Waals surface area contributed by atoms with Gasteiger partial charge in [0.05, 0.1) is 24.2 Å². The lowest BCUT2D eigenvalue weighted by Gasteiger charge is -2.36. The van der Waals surface area contributed by atoms with E-state index < -0.39 is 35.2 Å². The molecular formula is C23H32N2O6. The highest BCUT2D eigenvalue weighted by molar-refractivity contribution is 5.83. The quantitative estimate of drug-likeness (QED) is 0.707. The second-order valence-corrected chi connectivity index (χ2v) is 9.99. The van der Waals surface area contributed by atoms with Crippen LogP contribution in [0.5, 0.6) is 0 Å². The first-order valence-electron chi connectivity index (χ1n) is 10.8. The number of ether oxygens (including phenoxy) is 2. The van der Waals surface area contributed by atoms with Crippen molar-refractivity contribution in [2.24, 2.45) is 0 Å². The normalized spacial score (nSPS) is 23.8. The fourth-order valence-corrected chi connectivity index (χ4v) is 4.97. The average Bonchev–Trinajstić information content (AvgIpc) is 3.05. The fourth-order valence-electron chi connectivity index (χ4n) is 4.97. The minimum Gasteiger partial charge on any atom is -0.388 e. The summed E-state index contributed by atoms with van der Waals surface area (Å²) in [4.78, 5) is 26.0. The molecule has 2 aromatic rings. The fraction of sp³-hybridized carbons (Fsp3) is 0.652. The van der Waals surface area contributed by atoms with Crippen molar-refractivity contribution < 1.29 is 19.7 Å². The molecule has 0 saturated carbocycles. The van der Waals surface area contributed by atoms with Gasteiger partial charge in [-0.05, 0) is 62.3 Å². The molecule has 8 nitrogen and oxygen atoms in total. The van der Waals surface area contributed by atoms with E-state index in [0.29, 0.717) is 12.1 Å². The molecule has 0 bridgehead atoms. The molecule has 0 radical (unpaired) electrons. The Morgan fingerprint density at radius 1 is 1.16 bits per heavy atom. The van der Waals surface area contributed by atoms with E-state index in [4.69, 9.17) is 9.47 Å². The first kappa shape index (κ1) is 22.2. The van der Waals surface area contributed by atoms with Crippen LogP contribution in [0.4, 0.5) is 0 Å². The van der Waals surface area contributed by atoms with Gasteiger partial charge in [0, 0.05) is 6.54 Å². The van der Waals surface area contributed by atoms with Crippen molar-refractivity contribution in [3.05, 3.63) is 43.5 Å². The Bertz CT molecular complexity index is 1160. The number of nitrogens with zero attached hydrogens (tertiary/aromatic N) is 2. The van der Waals surface area contributed by atoms with Crippen molar-refractivity contribution in [1.82, 2.24) is 9.13 Å². The van der Waals surface area contributed by atoms with Crippen molar-refractivity contribution >= 4 is 11.0 Å². The highest BCUT2D eigenvalue weighted by atomic mass is 16.7. The number of benzene rings is 1. The Labute approximate surface area is 181 Å². The summed E-state index contributed by atoms with van der Waals surface area (Å²) in [5.41, 5.74) is 3.08. The first-order chi connectivity index (χ1) is 14.3. The van der Waals surface area contributed by atoms with Crippen LogP contribution >= 0.6 is 0 Å². The van der Waals surface area contributed by atoms with Crippen LogP contribution in [0.3, 0.4) is 0 Å². The van der Waals surface area contributed by atoms with Gasteiger partial charge in [0.15, 0.2) is 5.79 Å². The van der Waals surface area contributed by atoms with Crippen LogP contribution in [0.25, 0.3) is 11.0 Å². The second kappa shape index (κ2) is 7.27. The van der Waals surface area contributed by atoms with Crippen molar-refractivity contribution in [3.8, 4) is 0 Å². The van der Waals surface area contributed by atoms with Gasteiger partial charge in [0.1, 0.15) is 18.3 Å². The summed E-state index contributed by atoms with van der Waals surface area (Å²) in [6.45, 7) is 12.2. The predicted molar refractivity (Wildman–Crippen MR) is 117 cm³/mol. The third-order valence-corrected chi connectivity index (χ3v) is 6.85. The molecule has 3 atom stereocenters. The predicted octanol–water partition coefficient (Wildman–Crippen LogP) is 1.33. The second-order valence-electron chi connectivity index (χ2n) is 9.99. The summed E-state index contributed by atoms with van der Waals surface area (Å²) in [6, 6.07) is 1.89. The summed E-state index contributed by atoms with van der Waals surface area (Å²) >= 11 is 0. The average molecular weight is 433 g/mol. The maximum absolute atomic E-state index is 13.0. The Morgan fingerprint density at radius 3 is 2.45 bits per heavy atom. The number of hydrogen-bond acceptors (Lipinski definition) is 6. The summed E-state index contributed by atoms with van der Waals surface area (Å²) in [6.07, 6.45) is -2.52. The number of hydrogen-bond donors (Lipinski definition) is 2. The number of aliphatic hydroxyl groups excluding tert-OH is 2. The van der Waals surface area contributed by atoms with Crippen LogP contribution in [-0.4, -0.2) is 50.1 Å². The van der Waals surface area contributed by atoms with E-state index in [-0.39, 0.29) is 18.6 Å². The molecule has 2 N–H and O–H groups in total. The molecule has 1 saturated heterocycles. The van der Waals surface area contributed by atoms with Gasteiger partial charge in [0.25, 0.3) is 0 Å². The minimum absolute atomic E-state index is 0.138. The molecule has 3 heterocycles. The van der Waals surface area contributed by atoms with Gasteiger partial charge in [-0.1, -0.05) is 13.8 Å². The molecule has 170 valence electrons. The number of aliphatic hydroxyl groups is 2. The first-order valence-corrected chi connectivity index (χ1v) is 10.8. The maximum Gasteiger partial charge on any atom is 0.317 e. The van der Waals surface area contributed by atoms with Gasteiger partial charge in [-0.2, -0.15) is 0 Å². The standard InChI is InChI=1S/C23H32N2O6/c1-12-9-14-18-17(13(12)2)22(3,4)7-8-24(18)20(28)21(29)25(14)10-15(26)19(27)16-11-30-23(5,6)31-16/h9,15-16,19,26-27H,7-8,10-11H2,1-6H3/t15-,16-,19+/m1/s1. The zero-order valence-corrected chi connectivity index (χ0v) is 19.1. The summed E-state index contributed by atoms with van der Waals surface area (Å²) in [5.74, 6) is -0.846. The smallest absolute Gasteiger partial charge is 0.317 e. The van der Waals surface area contributed by atoms with Gasteiger partial charge in [0.2, 0.25) is 0 Å². The van der Waals surface area contributed by atoms with Crippen molar-refractivity contribution in [3.63, 3.8) is 0 Å². The van der Waals surface area contributed by atoms with Crippen molar-refractivity contribution in [2.75, 3.05) is 6.61 Å². The van der Waals surface area contributed by atoms with Crippen molar-refractivity contribution in [2.45, 2.75) is 90.6 Å². The molecular weight excluding hydrogens is 400 g/mol. The molecule has 0 amide bonds. The summed E-state index contributed by atoms with van der Waals surface area (Å²) < 4.78 is 14.0. The SMILES string of the molecule is Cc1cc2c3c(c1C)C(C)(C)CCn3c(=O)c(=O)n2C[C@@H](O)[C@H](O)[C@H]1COC(C)(C)O1. The van der Waals surface area contributed by atoms with E-state index in [1.165, 1.54) is 4.57 Å². The monoisotopic (exact) mass is 432 g/mol. The van der Waals surface area contributed by atoms with Crippen LogP contribution in [0.15, 0.2) is 15.7 Å². The largest absolute Gasteiger partial charge is 0.388 e. The third-order valence-electron chi connectivity index (χ3n) is 6.85. The molecule has 0 spiro atoms. The van der Waals surface area contributed by atoms with Gasteiger partial charge in [-0.15, -0.1) is 0 Å². The lowest BCUT2D eigenvalue weighted by atomic mass is 9.75. The van der Waals surface area contributed by atoms with E-state index in [1.54, 1.807) is 18.4 Å². The molecule has 2 aliphatic heterocycles. The van der Waals surface area contributed by atoms with E-state index >= 15 is 0 Å².